The van der Waals surface area contributed by atoms with Crippen LogP contribution in [0, 0.1) is 0 Å². The van der Waals surface area contributed by atoms with Gasteiger partial charge in [-0.05, 0) is 41.8 Å². The maximum absolute atomic E-state index is 3.53. The van der Waals surface area contributed by atoms with Gasteiger partial charge in [-0.2, -0.15) is 0 Å². The summed E-state index contributed by atoms with van der Waals surface area (Å²) in [4.78, 5) is 5.49. The summed E-state index contributed by atoms with van der Waals surface area (Å²) < 4.78 is 1.15. The molecule has 1 aliphatic heterocycles. The second kappa shape index (κ2) is 5.53. The third-order valence-corrected chi connectivity index (χ3v) is 6.23. The van der Waals surface area contributed by atoms with E-state index in [2.05, 4.69) is 79.0 Å². The molecule has 0 amide bonds. The van der Waals surface area contributed by atoms with Crippen molar-refractivity contribution in [3.63, 3.8) is 0 Å². The summed E-state index contributed by atoms with van der Waals surface area (Å²) >= 11 is 5.53. The lowest BCUT2D eigenvalue weighted by molar-refractivity contribution is 0.299. The van der Waals surface area contributed by atoms with Crippen molar-refractivity contribution in [3.8, 4) is 0 Å². The smallest absolute Gasteiger partial charge is 0.0328 e. The zero-order valence-electron chi connectivity index (χ0n) is 13.1. The number of fused-ring (bicyclic) bond motifs is 1. The van der Waals surface area contributed by atoms with E-state index < -0.39 is 0 Å². The number of hydrogen-bond acceptors (Lipinski definition) is 2. The van der Waals surface area contributed by atoms with E-state index in [0.29, 0.717) is 5.92 Å². The molecule has 1 atom stereocenters. The Balaban J connectivity index is 2.04. The van der Waals surface area contributed by atoms with Gasteiger partial charge in [-0.3, -0.25) is 0 Å². The topological polar surface area (TPSA) is 3.24 Å². The van der Waals surface area contributed by atoms with Gasteiger partial charge in [-0.25, -0.2) is 0 Å². The molecule has 0 radical (unpaired) electrons. The van der Waals surface area contributed by atoms with Crippen molar-refractivity contribution in [2.24, 2.45) is 0 Å². The molecule has 21 heavy (non-hydrogen) atoms. The average molecular weight is 364 g/mol. The largest absolute Gasteiger partial charge is 0.300 e. The second-order valence-corrected chi connectivity index (χ2v) is 9.09. The van der Waals surface area contributed by atoms with Crippen LogP contribution in [0.25, 0.3) is 0 Å². The zero-order valence-corrected chi connectivity index (χ0v) is 15.5. The minimum atomic E-state index is 0.241. The van der Waals surface area contributed by atoms with E-state index in [-0.39, 0.29) is 5.41 Å². The van der Waals surface area contributed by atoms with Crippen LogP contribution in [0.3, 0.4) is 0 Å². The van der Waals surface area contributed by atoms with Crippen LogP contribution < -0.4 is 0 Å². The molecule has 0 saturated heterocycles. The first-order valence-electron chi connectivity index (χ1n) is 7.41. The highest BCUT2D eigenvalue weighted by Crippen LogP contribution is 2.41. The van der Waals surface area contributed by atoms with Gasteiger partial charge in [-0.15, -0.1) is 11.3 Å². The Morgan fingerprint density at radius 2 is 1.86 bits per heavy atom. The highest BCUT2D eigenvalue weighted by atomic mass is 79.9. The molecule has 1 unspecified atom stereocenters. The number of likely N-dealkylation sites (N-methyl/N-ethyl adjacent to an activating group) is 1. The normalized spacial score (nSPS) is 19.6. The van der Waals surface area contributed by atoms with Gasteiger partial charge in [0.15, 0.2) is 0 Å². The number of thiophene rings is 1. The van der Waals surface area contributed by atoms with Crippen LogP contribution in [0.15, 0.2) is 34.8 Å². The highest BCUT2D eigenvalue weighted by Gasteiger charge is 2.29. The first-order valence-corrected chi connectivity index (χ1v) is 9.02. The van der Waals surface area contributed by atoms with E-state index in [1.165, 1.54) is 10.4 Å². The maximum atomic E-state index is 3.53. The van der Waals surface area contributed by atoms with E-state index in [4.69, 9.17) is 0 Å². The molecular weight excluding hydrogens is 342 g/mol. The van der Waals surface area contributed by atoms with Crippen molar-refractivity contribution in [3.05, 3.63) is 55.7 Å². The lowest BCUT2D eigenvalue weighted by atomic mass is 9.86. The van der Waals surface area contributed by atoms with Gasteiger partial charge in [-0.1, -0.05) is 48.8 Å². The molecule has 0 fully saturated rings. The predicted octanol–water partition coefficient (Wildman–Crippen LogP) is 5.39. The first-order chi connectivity index (χ1) is 9.84. The first kappa shape index (κ1) is 15.3. The van der Waals surface area contributed by atoms with E-state index in [1.807, 2.05) is 11.3 Å². The van der Waals surface area contributed by atoms with Crippen molar-refractivity contribution < 1.29 is 0 Å². The van der Waals surface area contributed by atoms with Gasteiger partial charge in [0.2, 0.25) is 0 Å². The Hall–Kier alpha value is -0.640. The average Bonchev–Trinajstić information content (AvgIpc) is 2.82. The summed E-state index contributed by atoms with van der Waals surface area (Å²) in [7, 11) is 2.23. The summed E-state index contributed by atoms with van der Waals surface area (Å²) in [6.07, 6.45) is 0. The van der Waals surface area contributed by atoms with Gasteiger partial charge in [0.05, 0.1) is 0 Å². The van der Waals surface area contributed by atoms with Crippen LogP contribution in [0.1, 0.15) is 47.6 Å². The molecule has 0 bridgehead atoms. The molecule has 0 spiro atoms. The Kier molecular flexibility index (Phi) is 4.02. The van der Waals surface area contributed by atoms with E-state index >= 15 is 0 Å². The van der Waals surface area contributed by atoms with Crippen molar-refractivity contribution >= 4 is 27.3 Å². The van der Waals surface area contributed by atoms with Crippen LogP contribution in [-0.4, -0.2) is 18.5 Å². The van der Waals surface area contributed by atoms with Crippen molar-refractivity contribution in [2.75, 3.05) is 13.6 Å². The van der Waals surface area contributed by atoms with Gasteiger partial charge >= 0.3 is 0 Å². The zero-order chi connectivity index (χ0) is 15.2. The van der Waals surface area contributed by atoms with Crippen molar-refractivity contribution in [1.29, 1.82) is 0 Å². The molecule has 3 rings (SSSR count). The van der Waals surface area contributed by atoms with Crippen LogP contribution in [-0.2, 0) is 12.0 Å². The van der Waals surface area contributed by atoms with E-state index in [0.717, 1.165) is 17.6 Å². The molecule has 0 N–H and O–H groups in total. The third-order valence-electron chi connectivity index (χ3n) is 4.14. The number of hydrogen-bond donors (Lipinski definition) is 0. The summed E-state index contributed by atoms with van der Waals surface area (Å²) in [6, 6.07) is 11.3. The van der Waals surface area contributed by atoms with Crippen molar-refractivity contribution in [2.45, 2.75) is 38.6 Å². The predicted molar refractivity (Wildman–Crippen MR) is 95.3 cm³/mol. The molecule has 3 heteroatoms. The van der Waals surface area contributed by atoms with Gasteiger partial charge in [0, 0.05) is 33.2 Å². The van der Waals surface area contributed by atoms with E-state index in [1.54, 1.807) is 10.4 Å². The molecule has 2 aromatic rings. The highest BCUT2D eigenvalue weighted by molar-refractivity contribution is 9.10. The number of rotatable bonds is 1. The molecule has 1 aromatic heterocycles. The molecule has 1 aliphatic rings. The van der Waals surface area contributed by atoms with Crippen molar-refractivity contribution in [1.82, 2.24) is 4.90 Å². The molecule has 2 heterocycles. The summed E-state index contributed by atoms with van der Waals surface area (Å²) in [6.45, 7) is 9.12. The summed E-state index contributed by atoms with van der Waals surface area (Å²) in [5.41, 5.74) is 3.21. The Labute approximate surface area is 140 Å². The Morgan fingerprint density at radius 1 is 1.19 bits per heavy atom. The molecular formula is C18H22BrNS. The fraction of sp³-hybridized carbons (Fsp3) is 0.444. The minimum Gasteiger partial charge on any atom is -0.300 e. The minimum absolute atomic E-state index is 0.241. The second-order valence-electron chi connectivity index (χ2n) is 7.04. The van der Waals surface area contributed by atoms with Crippen LogP contribution in [0.2, 0.25) is 0 Å². The van der Waals surface area contributed by atoms with Crippen LogP contribution >= 0.6 is 27.3 Å². The lowest BCUT2D eigenvalue weighted by Crippen LogP contribution is -2.29. The third kappa shape index (κ3) is 3.10. The van der Waals surface area contributed by atoms with Gasteiger partial charge in [0.1, 0.15) is 0 Å². The standard InChI is InChI=1S/C18H22BrNS/c1-18(2,3)17-9-14-15(10-20(4)11-16(14)21-17)12-5-7-13(19)8-6-12/h5-9,15H,10-11H2,1-4H3. The summed E-state index contributed by atoms with van der Waals surface area (Å²) in [5, 5.41) is 0. The van der Waals surface area contributed by atoms with Crippen LogP contribution in [0.4, 0.5) is 0 Å². The number of benzene rings is 1. The van der Waals surface area contributed by atoms with E-state index in [9.17, 15) is 0 Å². The SMILES string of the molecule is CN1Cc2sc(C(C)(C)C)cc2C(c2ccc(Br)cc2)C1. The molecule has 0 aliphatic carbocycles. The fourth-order valence-corrected chi connectivity index (χ4v) is 4.56. The fourth-order valence-electron chi connectivity index (χ4n) is 2.93. The summed E-state index contributed by atoms with van der Waals surface area (Å²) in [5.74, 6) is 0.499. The molecule has 1 aromatic carbocycles. The molecule has 1 nitrogen and oxygen atoms in total. The van der Waals surface area contributed by atoms with Gasteiger partial charge < -0.3 is 4.90 Å². The Bertz CT molecular complexity index is 636. The maximum Gasteiger partial charge on any atom is 0.0328 e. The van der Waals surface area contributed by atoms with Gasteiger partial charge in [0.25, 0.3) is 0 Å². The molecule has 112 valence electrons. The number of halogens is 1. The molecule has 0 saturated carbocycles. The quantitative estimate of drug-likeness (QED) is 0.656. The lowest BCUT2D eigenvalue weighted by Gasteiger charge is -2.30. The monoisotopic (exact) mass is 363 g/mol. The Morgan fingerprint density at radius 3 is 2.48 bits per heavy atom. The number of nitrogens with zero attached hydrogens (tertiary/aromatic N) is 1. The van der Waals surface area contributed by atoms with Crippen LogP contribution in [0.5, 0.6) is 0 Å².